The molecule has 0 unspecified atom stereocenters. The maximum absolute atomic E-state index is 13.8. The maximum Gasteiger partial charge on any atom is 0.308 e. The van der Waals surface area contributed by atoms with Crippen LogP contribution in [0, 0.1) is 5.82 Å². The van der Waals surface area contributed by atoms with Crippen LogP contribution < -0.4 is 19.6 Å². The lowest BCUT2D eigenvalue weighted by Crippen LogP contribution is -2.38. The van der Waals surface area contributed by atoms with Crippen molar-refractivity contribution in [1.29, 1.82) is 0 Å². The summed E-state index contributed by atoms with van der Waals surface area (Å²) in [5.41, 5.74) is 5.84. The van der Waals surface area contributed by atoms with E-state index in [1.165, 1.54) is 36.0 Å². The molecular formula is C29H21FN2O3S. The predicted molar refractivity (Wildman–Crippen MR) is 137 cm³/mol. The molecule has 0 bridgehead atoms. The lowest BCUT2D eigenvalue weighted by molar-refractivity contribution is -0.131. The first kappa shape index (κ1) is 22.4. The fraction of sp³-hybridized carbons (Fsp3) is 0.138. The molecule has 6 rings (SSSR count). The molecule has 7 heteroatoms. The summed E-state index contributed by atoms with van der Waals surface area (Å²) in [5.74, 6) is -0.252. The van der Waals surface area contributed by atoms with Crippen molar-refractivity contribution >= 4 is 29.1 Å². The molecule has 0 saturated heterocycles. The fourth-order valence-electron chi connectivity index (χ4n) is 4.92. The van der Waals surface area contributed by atoms with Crippen molar-refractivity contribution < 1.29 is 13.9 Å². The molecule has 2 aliphatic rings. The number of hydrogen-bond donors (Lipinski definition) is 0. The van der Waals surface area contributed by atoms with E-state index in [1.807, 2.05) is 18.2 Å². The van der Waals surface area contributed by atoms with Crippen molar-refractivity contribution in [3.63, 3.8) is 0 Å². The van der Waals surface area contributed by atoms with Gasteiger partial charge in [0.2, 0.25) is 0 Å². The van der Waals surface area contributed by atoms with Crippen LogP contribution in [0.5, 0.6) is 5.75 Å². The number of ether oxygens (including phenoxy) is 1. The van der Waals surface area contributed by atoms with Crippen LogP contribution in [-0.4, -0.2) is 10.5 Å². The average molecular weight is 497 g/mol. The highest BCUT2D eigenvalue weighted by Crippen LogP contribution is 2.41. The molecule has 1 aromatic heterocycles. The zero-order valence-corrected chi connectivity index (χ0v) is 20.2. The summed E-state index contributed by atoms with van der Waals surface area (Å²) in [5, 5.41) is 0. The molecule has 0 amide bonds. The van der Waals surface area contributed by atoms with Crippen molar-refractivity contribution in [3.8, 4) is 5.75 Å². The molecule has 1 aliphatic carbocycles. The van der Waals surface area contributed by atoms with Gasteiger partial charge in [-0.25, -0.2) is 9.38 Å². The van der Waals surface area contributed by atoms with Gasteiger partial charge in [-0.3, -0.25) is 14.2 Å². The number of carbonyl (C=O) groups is 1. The Kier molecular flexibility index (Phi) is 5.49. The molecule has 0 saturated carbocycles. The molecule has 2 heterocycles. The van der Waals surface area contributed by atoms with E-state index in [-0.39, 0.29) is 23.4 Å². The monoisotopic (exact) mass is 496 g/mol. The Labute approximate surface area is 210 Å². The van der Waals surface area contributed by atoms with Crippen molar-refractivity contribution in [2.45, 2.75) is 25.8 Å². The van der Waals surface area contributed by atoms with E-state index in [0.29, 0.717) is 15.1 Å². The van der Waals surface area contributed by atoms with Crippen molar-refractivity contribution in [2.75, 3.05) is 0 Å². The summed E-state index contributed by atoms with van der Waals surface area (Å²) in [4.78, 5) is 30.5. The first-order chi connectivity index (χ1) is 17.5. The molecule has 0 N–H and O–H groups in total. The van der Waals surface area contributed by atoms with Crippen LogP contribution in [0.3, 0.4) is 0 Å². The van der Waals surface area contributed by atoms with Gasteiger partial charge in [0.15, 0.2) is 4.80 Å². The van der Waals surface area contributed by atoms with Gasteiger partial charge in [0.05, 0.1) is 16.3 Å². The highest BCUT2D eigenvalue weighted by Gasteiger charge is 2.32. The van der Waals surface area contributed by atoms with Gasteiger partial charge >= 0.3 is 5.97 Å². The Balaban J connectivity index is 1.53. The molecule has 0 fully saturated rings. The van der Waals surface area contributed by atoms with Gasteiger partial charge in [0.1, 0.15) is 11.6 Å². The standard InChI is InChI=1S/C29H21FN2O3S/c1-17(33)35-22-13-6-18(7-14-22)16-25-28(34)32-27(20-8-11-21(30)12-9-20)24-15-10-19-4-2-3-5-23(19)26(24)31-29(32)36-25/h2-9,11-14,16,27H,10,15H2,1H3/b25-16+/t27-/m0/s1. The molecule has 1 atom stereocenters. The summed E-state index contributed by atoms with van der Waals surface area (Å²) in [7, 11) is 0. The van der Waals surface area contributed by atoms with Crippen LogP contribution >= 0.6 is 11.3 Å². The number of aryl methyl sites for hydroxylation is 1. The van der Waals surface area contributed by atoms with E-state index in [2.05, 4.69) is 12.1 Å². The van der Waals surface area contributed by atoms with E-state index in [1.54, 1.807) is 41.0 Å². The molecule has 3 aromatic carbocycles. The minimum atomic E-state index is -0.387. The number of carbonyl (C=O) groups excluding carboxylic acids is 1. The van der Waals surface area contributed by atoms with Gasteiger partial charge < -0.3 is 4.74 Å². The summed E-state index contributed by atoms with van der Waals surface area (Å²) in [6.07, 6.45) is 3.46. The molecule has 0 radical (unpaired) electrons. The summed E-state index contributed by atoms with van der Waals surface area (Å²) in [6, 6.07) is 21.3. The second-order valence-corrected chi connectivity index (χ2v) is 9.84. The van der Waals surface area contributed by atoms with Crippen molar-refractivity contribution in [1.82, 2.24) is 4.57 Å². The molecule has 36 heavy (non-hydrogen) atoms. The molecule has 5 nitrogen and oxygen atoms in total. The third-order valence-electron chi connectivity index (χ3n) is 6.50. The summed E-state index contributed by atoms with van der Waals surface area (Å²) >= 11 is 1.34. The number of thiazole rings is 1. The Hall–Kier alpha value is -4.10. The summed E-state index contributed by atoms with van der Waals surface area (Å²) < 4.78 is 21.2. The number of hydrogen-bond acceptors (Lipinski definition) is 5. The lowest BCUT2D eigenvalue weighted by Gasteiger charge is -2.30. The zero-order valence-electron chi connectivity index (χ0n) is 19.4. The molecule has 4 aromatic rings. The third kappa shape index (κ3) is 3.91. The number of esters is 1. The lowest BCUT2D eigenvalue weighted by atomic mass is 9.83. The topological polar surface area (TPSA) is 60.7 Å². The third-order valence-corrected chi connectivity index (χ3v) is 7.48. The second kappa shape index (κ2) is 8.84. The minimum Gasteiger partial charge on any atom is -0.427 e. The van der Waals surface area contributed by atoms with Gasteiger partial charge in [-0.1, -0.05) is 59.9 Å². The summed E-state index contributed by atoms with van der Waals surface area (Å²) in [6.45, 7) is 1.35. The quantitative estimate of drug-likeness (QED) is 0.312. The SMILES string of the molecule is CC(=O)Oc1ccc(/C=c2/sc3n(c2=O)[C@@H](c2ccc(F)cc2)C2=C(N=3)c3ccccc3CC2)cc1. The van der Waals surface area contributed by atoms with Crippen LogP contribution in [0.25, 0.3) is 11.8 Å². The van der Waals surface area contributed by atoms with Gasteiger partial charge in [-0.05, 0) is 65.4 Å². The van der Waals surface area contributed by atoms with Crippen LogP contribution in [0.15, 0.2) is 88.2 Å². The number of allylic oxidation sites excluding steroid dienone is 1. The first-order valence-corrected chi connectivity index (χ1v) is 12.5. The largest absolute Gasteiger partial charge is 0.427 e. The number of nitrogens with zero attached hydrogens (tertiary/aromatic N) is 2. The van der Waals surface area contributed by atoms with E-state index in [0.717, 1.165) is 40.8 Å². The Morgan fingerprint density at radius 2 is 1.81 bits per heavy atom. The van der Waals surface area contributed by atoms with Gasteiger partial charge in [0.25, 0.3) is 5.56 Å². The van der Waals surface area contributed by atoms with Crippen molar-refractivity contribution in [3.05, 3.63) is 126 Å². The van der Waals surface area contributed by atoms with E-state index < -0.39 is 0 Å². The van der Waals surface area contributed by atoms with Gasteiger partial charge in [0, 0.05) is 12.5 Å². The van der Waals surface area contributed by atoms with Crippen LogP contribution in [0.4, 0.5) is 4.39 Å². The molecule has 1 aliphatic heterocycles. The number of fused-ring (bicyclic) bond motifs is 3. The Morgan fingerprint density at radius 3 is 2.56 bits per heavy atom. The van der Waals surface area contributed by atoms with Crippen LogP contribution in [0.2, 0.25) is 0 Å². The smallest absolute Gasteiger partial charge is 0.308 e. The first-order valence-electron chi connectivity index (χ1n) is 11.6. The normalized spacial score (nSPS) is 16.6. The number of halogens is 1. The van der Waals surface area contributed by atoms with Crippen molar-refractivity contribution in [2.24, 2.45) is 4.99 Å². The zero-order chi connectivity index (χ0) is 24.8. The Morgan fingerprint density at radius 1 is 1.06 bits per heavy atom. The second-order valence-electron chi connectivity index (χ2n) is 8.83. The highest BCUT2D eigenvalue weighted by atomic mass is 32.1. The fourth-order valence-corrected chi connectivity index (χ4v) is 5.92. The molecule has 0 spiro atoms. The van der Waals surface area contributed by atoms with Crippen LogP contribution in [-0.2, 0) is 11.2 Å². The van der Waals surface area contributed by atoms with E-state index in [4.69, 9.17) is 9.73 Å². The average Bonchev–Trinajstić information content (AvgIpc) is 3.18. The number of rotatable bonds is 3. The Bertz CT molecular complexity index is 1710. The van der Waals surface area contributed by atoms with Gasteiger partial charge in [-0.2, -0.15) is 0 Å². The van der Waals surface area contributed by atoms with E-state index >= 15 is 0 Å². The molecular weight excluding hydrogens is 475 g/mol. The van der Waals surface area contributed by atoms with Crippen LogP contribution in [0.1, 0.15) is 41.6 Å². The number of aromatic nitrogens is 1. The predicted octanol–water partition coefficient (Wildman–Crippen LogP) is 4.38. The minimum absolute atomic E-state index is 0.137. The van der Waals surface area contributed by atoms with E-state index in [9.17, 15) is 14.0 Å². The number of benzene rings is 3. The highest BCUT2D eigenvalue weighted by molar-refractivity contribution is 7.07. The molecule has 178 valence electrons. The maximum atomic E-state index is 13.8. The van der Waals surface area contributed by atoms with Gasteiger partial charge in [-0.15, -0.1) is 0 Å².